The lowest BCUT2D eigenvalue weighted by atomic mass is 10.1. The number of rotatable bonds is 6. The van der Waals surface area contributed by atoms with E-state index in [1.165, 1.54) is 12.8 Å². The third kappa shape index (κ3) is 4.81. The van der Waals surface area contributed by atoms with Crippen LogP contribution in [-0.4, -0.2) is 53.9 Å². The molecular weight excluding hydrogens is 380 g/mol. The van der Waals surface area contributed by atoms with Crippen molar-refractivity contribution in [2.45, 2.75) is 64.4 Å². The van der Waals surface area contributed by atoms with Gasteiger partial charge in [-0.3, -0.25) is 4.79 Å². The minimum atomic E-state index is 0.0792. The van der Waals surface area contributed by atoms with E-state index in [1.807, 2.05) is 60.0 Å². The van der Waals surface area contributed by atoms with E-state index in [1.54, 1.807) is 7.11 Å². The number of nitrogens with zero attached hydrogens (tertiary/aromatic N) is 2. The highest BCUT2D eigenvalue weighted by Gasteiger charge is 2.26. The van der Waals surface area contributed by atoms with Crippen molar-refractivity contribution in [3.63, 3.8) is 0 Å². The molecule has 0 radical (unpaired) electrons. The monoisotopic (exact) mass is 412 g/mol. The maximum Gasteiger partial charge on any atom is 0.242 e. The van der Waals surface area contributed by atoms with Crippen LogP contribution in [0.1, 0.15) is 39.5 Å². The van der Waals surface area contributed by atoms with E-state index < -0.39 is 0 Å². The second kappa shape index (κ2) is 9.13. The fourth-order valence-corrected chi connectivity index (χ4v) is 4.48. The lowest BCUT2D eigenvalue weighted by molar-refractivity contribution is -0.143. The Balaban J connectivity index is 1.46. The standard InChI is InChI=1S/C24H32N2O4/c1-17-13-26(14-18(2)29-17)24(27)16-25-11-10-20(15-25)19-8-9-22(28-3)23(12-19)30-21-6-4-5-7-21/h8-12,15,17-18,21H,4-7,13-14,16H2,1-3H3. The number of methoxy groups -OCH3 is 1. The number of amides is 1. The molecular formula is C24H32N2O4. The van der Waals surface area contributed by atoms with Gasteiger partial charge in [-0.15, -0.1) is 0 Å². The first-order valence-corrected chi connectivity index (χ1v) is 11.0. The summed E-state index contributed by atoms with van der Waals surface area (Å²) in [7, 11) is 1.67. The molecule has 1 aliphatic carbocycles. The molecule has 2 aliphatic rings. The summed E-state index contributed by atoms with van der Waals surface area (Å²) in [6.07, 6.45) is 9.07. The van der Waals surface area contributed by atoms with Crippen molar-refractivity contribution in [1.29, 1.82) is 0 Å². The van der Waals surface area contributed by atoms with Gasteiger partial charge in [-0.05, 0) is 68.9 Å². The Morgan fingerprint density at radius 1 is 1.07 bits per heavy atom. The lowest BCUT2D eigenvalue weighted by Crippen LogP contribution is -2.49. The van der Waals surface area contributed by atoms with Crippen LogP contribution >= 0.6 is 0 Å². The number of carbonyl (C=O) groups excluding carboxylic acids is 1. The van der Waals surface area contributed by atoms with Gasteiger partial charge in [0.1, 0.15) is 6.54 Å². The molecule has 6 heteroatoms. The molecule has 1 saturated carbocycles. The summed E-state index contributed by atoms with van der Waals surface area (Å²) in [6, 6.07) is 8.08. The first-order chi connectivity index (χ1) is 14.5. The van der Waals surface area contributed by atoms with Gasteiger partial charge in [-0.1, -0.05) is 6.07 Å². The Morgan fingerprint density at radius 2 is 1.80 bits per heavy atom. The van der Waals surface area contributed by atoms with E-state index in [2.05, 4.69) is 0 Å². The van der Waals surface area contributed by atoms with Crippen LogP contribution in [0.5, 0.6) is 11.5 Å². The number of aromatic nitrogens is 1. The third-order valence-corrected chi connectivity index (χ3v) is 5.93. The Kier molecular flexibility index (Phi) is 6.32. The summed E-state index contributed by atoms with van der Waals surface area (Å²) in [5.41, 5.74) is 2.12. The Labute approximate surface area is 178 Å². The van der Waals surface area contributed by atoms with E-state index in [-0.39, 0.29) is 24.2 Å². The molecule has 1 aromatic carbocycles. The van der Waals surface area contributed by atoms with Gasteiger partial charge in [0.15, 0.2) is 11.5 Å². The van der Waals surface area contributed by atoms with Gasteiger partial charge in [0.05, 0.1) is 25.4 Å². The van der Waals surface area contributed by atoms with E-state index in [9.17, 15) is 4.79 Å². The zero-order valence-corrected chi connectivity index (χ0v) is 18.2. The maximum atomic E-state index is 12.7. The quantitative estimate of drug-likeness (QED) is 0.716. The first-order valence-electron chi connectivity index (χ1n) is 11.0. The van der Waals surface area contributed by atoms with Crippen molar-refractivity contribution in [3.05, 3.63) is 36.7 Å². The zero-order chi connectivity index (χ0) is 21.1. The molecule has 1 aromatic heterocycles. The number of ether oxygens (including phenoxy) is 3. The fraction of sp³-hybridized carbons (Fsp3) is 0.542. The van der Waals surface area contributed by atoms with Crippen molar-refractivity contribution < 1.29 is 19.0 Å². The highest BCUT2D eigenvalue weighted by molar-refractivity contribution is 5.76. The predicted molar refractivity (Wildman–Crippen MR) is 116 cm³/mol. The fourth-order valence-electron chi connectivity index (χ4n) is 4.48. The zero-order valence-electron chi connectivity index (χ0n) is 18.2. The molecule has 2 unspecified atom stereocenters. The van der Waals surface area contributed by atoms with E-state index in [0.29, 0.717) is 19.6 Å². The molecule has 0 bridgehead atoms. The van der Waals surface area contributed by atoms with E-state index in [4.69, 9.17) is 14.2 Å². The van der Waals surface area contributed by atoms with Crippen LogP contribution in [0.25, 0.3) is 11.1 Å². The Bertz CT molecular complexity index is 862. The highest BCUT2D eigenvalue weighted by Crippen LogP contribution is 2.35. The molecule has 4 rings (SSSR count). The Hall–Kier alpha value is -2.47. The van der Waals surface area contributed by atoms with Crippen molar-refractivity contribution in [2.75, 3.05) is 20.2 Å². The summed E-state index contributed by atoms with van der Waals surface area (Å²) in [5.74, 6) is 1.68. The number of hydrogen-bond acceptors (Lipinski definition) is 4. The largest absolute Gasteiger partial charge is 0.493 e. The van der Waals surface area contributed by atoms with Crippen LogP contribution in [0, 0.1) is 0 Å². The third-order valence-electron chi connectivity index (χ3n) is 5.93. The minimum Gasteiger partial charge on any atom is -0.493 e. The molecule has 30 heavy (non-hydrogen) atoms. The summed E-state index contributed by atoms with van der Waals surface area (Å²) in [5, 5.41) is 0. The maximum absolute atomic E-state index is 12.7. The van der Waals surface area contributed by atoms with Gasteiger partial charge in [0.25, 0.3) is 0 Å². The summed E-state index contributed by atoms with van der Waals surface area (Å²) >= 11 is 0. The molecule has 2 aromatic rings. The molecule has 6 nitrogen and oxygen atoms in total. The molecule has 1 aliphatic heterocycles. The van der Waals surface area contributed by atoms with Gasteiger partial charge in [-0.25, -0.2) is 0 Å². The molecule has 1 saturated heterocycles. The smallest absolute Gasteiger partial charge is 0.242 e. The molecule has 2 fully saturated rings. The number of hydrogen-bond donors (Lipinski definition) is 0. The van der Waals surface area contributed by atoms with Gasteiger partial charge >= 0.3 is 0 Å². The highest BCUT2D eigenvalue weighted by atomic mass is 16.5. The van der Waals surface area contributed by atoms with Gasteiger partial charge < -0.3 is 23.7 Å². The second-order valence-corrected chi connectivity index (χ2v) is 8.52. The minimum absolute atomic E-state index is 0.0792. The average Bonchev–Trinajstić information content (AvgIpc) is 3.39. The number of benzene rings is 1. The van der Waals surface area contributed by atoms with Crippen LogP contribution in [-0.2, 0) is 16.1 Å². The lowest BCUT2D eigenvalue weighted by Gasteiger charge is -2.35. The van der Waals surface area contributed by atoms with Crippen molar-refractivity contribution >= 4 is 5.91 Å². The second-order valence-electron chi connectivity index (χ2n) is 8.52. The van der Waals surface area contributed by atoms with Crippen LogP contribution in [0.15, 0.2) is 36.7 Å². The van der Waals surface area contributed by atoms with Crippen LogP contribution in [0.2, 0.25) is 0 Å². The molecule has 0 spiro atoms. The average molecular weight is 413 g/mol. The normalized spacial score (nSPS) is 22.3. The molecule has 0 N–H and O–H groups in total. The molecule has 2 heterocycles. The summed E-state index contributed by atoms with van der Waals surface area (Å²) < 4.78 is 19.4. The molecule has 162 valence electrons. The summed E-state index contributed by atoms with van der Waals surface area (Å²) in [6.45, 7) is 5.66. The SMILES string of the molecule is COc1ccc(-c2ccn(CC(=O)N3CC(C)OC(C)C3)c2)cc1OC1CCCC1. The predicted octanol–water partition coefficient (Wildman–Crippen LogP) is 4.12. The van der Waals surface area contributed by atoms with Crippen LogP contribution < -0.4 is 9.47 Å². The molecule has 1 amide bonds. The van der Waals surface area contributed by atoms with E-state index >= 15 is 0 Å². The van der Waals surface area contributed by atoms with Crippen LogP contribution in [0.3, 0.4) is 0 Å². The first kappa shape index (κ1) is 20.8. The van der Waals surface area contributed by atoms with Gasteiger partial charge in [-0.2, -0.15) is 0 Å². The Morgan fingerprint density at radius 3 is 2.50 bits per heavy atom. The number of carbonyl (C=O) groups is 1. The van der Waals surface area contributed by atoms with Gasteiger partial charge in [0, 0.05) is 25.5 Å². The number of morpholine rings is 1. The van der Waals surface area contributed by atoms with Crippen molar-refractivity contribution in [2.24, 2.45) is 0 Å². The van der Waals surface area contributed by atoms with Crippen molar-refractivity contribution in [1.82, 2.24) is 9.47 Å². The molecule has 2 atom stereocenters. The van der Waals surface area contributed by atoms with Crippen molar-refractivity contribution in [3.8, 4) is 22.6 Å². The van der Waals surface area contributed by atoms with E-state index in [0.717, 1.165) is 35.5 Å². The van der Waals surface area contributed by atoms with Crippen LogP contribution in [0.4, 0.5) is 0 Å². The summed E-state index contributed by atoms with van der Waals surface area (Å²) in [4.78, 5) is 14.7. The topological polar surface area (TPSA) is 52.9 Å². The van der Waals surface area contributed by atoms with Gasteiger partial charge in [0.2, 0.25) is 5.91 Å².